The molecule has 0 fully saturated rings. The van der Waals surface area contributed by atoms with E-state index in [1.165, 1.54) is 11.8 Å². The Morgan fingerprint density at radius 3 is 2.68 bits per heavy atom. The number of benzene rings is 1. The molecule has 0 aliphatic heterocycles. The second-order valence-corrected chi connectivity index (χ2v) is 5.22. The van der Waals surface area contributed by atoms with E-state index in [1.807, 2.05) is 47.4 Å². The van der Waals surface area contributed by atoms with E-state index < -0.39 is 5.56 Å². The highest BCUT2D eigenvalue weighted by Crippen LogP contribution is 2.22. The van der Waals surface area contributed by atoms with Crippen molar-refractivity contribution in [3.05, 3.63) is 58.9 Å². The largest absolute Gasteiger partial charge is 0.306 e. The molecule has 0 aliphatic rings. The molecule has 3 aromatic rings. The van der Waals surface area contributed by atoms with Crippen LogP contribution in [0, 0.1) is 11.3 Å². The van der Waals surface area contributed by atoms with Gasteiger partial charge in [0, 0.05) is 23.6 Å². The fourth-order valence-corrected chi connectivity index (χ4v) is 2.44. The summed E-state index contributed by atoms with van der Waals surface area (Å²) in [5.74, 6) is 0. The molecule has 6 nitrogen and oxygen atoms in total. The standard InChI is InChI=1S/C15H11N5OS/c1-22-15-18-13(12(8-16)14(21)19-15)10-2-4-11(5-3-10)20-7-6-17-9-20/h2-7,9H,1H3,(H,18,19,21). The topological polar surface area (TPSA) is 87.4 Å². The van der Waals surface area contributed by atoms with E-state index in [0.717, 1.165) is 11.3 Å². The molecule has 2 heterocycles. The van der Waals surface area contributed by atoms with E-state index in [4.69, 9.17) is 0 Å². The molecule has 0 spiro atoms. The van der Waals surface area contributed by atoms with Crippen molar-refractivity contribution >= 4 is 11.8 Å². The van der Waals surface area contributed by atoms with Crippen LogP contribution < -0.4 is 5.56 Å². The Morgan fingerprint density at radius 2 is 2.09 bits per heavy atom. The van der Waals surface area contributed by atoms with E-state index in [2.05, 4.69) is 15.0 Å². The number of H-pyrrole nitrogens is 1. The Labute approximate surface area is 130 Å². The van der Waals surface area contributed by atoms with Crippen LogP contribution in [-0.4, -0.2) is 25.8 Å². The first-order chi connectivity index (χ1) is 10.7. The number of thioether (sulfide) groups is 1. The molecule has 1 aromatic carbocycles. The van der Waals surface area contributed by atoms with Crippen LogP contribution in [0.25, 0.3) is 16.9 Å². The summed E-state index contributed by atoms with van der Waals surface area (Å²) in [6.07, 6.45) is 7.06. The maximum absolute atomic E-state index is 11.9. The summed E-state index contributed by atoms with van der Waals surface area (Å²) in [5.41, 5.74) is 1.66. The summed E-state index contributed by atoms with van der Waals surface area (Å²) in [4.78, 5) is 22.9. The number of aromatic nitrogens is 4. The van der Waals surface area contributed by atoms with Crippen LogP contribution in [0.4, 0.5) is 0 Å². The van der Waals surface area contributed by atoms with Crippen LogP contribution in [0.5, 0.6) is 0 Å². The molecular formula is C15H11N5OS. The Balaban J connectivity index is 2.10. The molecule has 22 heavy (non-hydrogen) atoms. The first-order valence-electron chi connectivity index (χ1n) is 6.40. The molecule has 3 rings (SSSR count). The van der Waals surface area contributed by atoms with E-state index in [1.54, 1.807) is 12.5 Å². The maximum atomic E-state index is 11.9. The van der Waals surface area contributed by atoms with E-state index in [9.17, 15) is 10.1 Å². The van der Waals surface area contributed by atoms with Crippen LogP contribution in [0.1, 0.15) is 5.56 Å². The normalized spacial score (nSPS) is 10.4. The first kappa shape index (κ1) is 14.1. The molecular weight excluding hydrogens is 298 g/mol. The zero-order chi connectivity index (χ0) is 15.5. The van der Waals surface area contributed by atoms with Gasteiger partial charge in [-0.15, -0.1) is 0 Å². The quantitative estimate of drug-likeness (QED) is 0.592. The van der Waals surface area contributed by atoms with Gasteiger partial charge < -0.3 is 9.55 Å². The molecule has 0 saturated heterocycles. The number of aromatic amines is 1. The minimum atomic E-state index is -0.421. The summed E-state index contributed by atoms with van der Waals surface area (Å²) in [6.45, 7) is 0. The van der Waals surface area contributed by atoms with Crippen molar-refractivity contribution in [3.8, 4) is 23.0 Å². The lowest BCUT2D eigenvalue weighted by Crippen LogP contribution is -2.14. The van der Waals surface area contributed by atoms with E-state index in [0.29, 0.717) is 10.9 Å². The molecule has 0 amide bonds. The Kier molecular flexibility index (Phi) is 3.76. The minimum absolute atomic E-state index is 0.0215. The molecule has 1 N–H and O–H groups in total. The highest BCUT2D eigenvalue weighted by atomic mass is 32.2. The molecule has 0 saturated carbocycles. The van der Waals surface area contributed by atoms with Gasteiger partial charge in [-0.2, -0.15) is 5.26 Å². The van der Waals surface area contributed by atoms with Gasteiger partial charge in [-0.3, -0.25) is 4.79 Å². The summed E-state index contributed by atoms with van der Waals surface area (Å²) in [6, 6.07) is 9.37. The second kappa shape index (κ2) is 5.87. The van der Waals surface area contributed by atoms with Crippen LogP contribution in [0.3, 0.4) is 0 Å². The zero-order valence-electron chi connectivity index (χ0n) is 11.6. The Morgan fingerprint density at radius 1 is 1.32 bits per heavy atom. The lowest BCUT2D eigenvalue weighted by atomic mass is 10.1. The van der Waals surface area contributed by atoms with Gasteiger partial charge in [0.05, 0.1) is 12.0 Å². The van der Waals surface area contributed by atoms with E-state index >= 15 is 0 Å². The summed E-state index contributed by atoms with van der Waals surface area (Å²) in [7, 11) is 0. The van der Waals surface area contributed by atoms with Crippen molar-refractivity contribution in [3.63, 3.8) is 0 Å². The Hall–Kier alpha value is -2.85. The van der Waals surface area contributed by atoms with Crippen molar-refractivity contribution < 1.29 is 0 Å². The van der Waals surface area contributed by atoms with Gasteiger partial charge >= 0.3 is 0 Å². The van der Waals surface area contributed by atoms with Crippen LogP contribution in [0.15, 0.2) is 52.9 Å². The van der Waals surface area contributed by atoms with Gasteiger partial charge in [0.25, 0.3) is 5.56 Å². The van der Waals surface area contributed by atoms with Gasteiger partial charge in [-0.1, -0.05) is 23.9 Å². The van der Waals surface area contributed by atoms with Gasteiger partial charge in [0.2, 0.25) is 0 Å². The molecule has 0 radical (unpaired) electrons. The number of hydrogen-bond acceptors (Lipinski definition) is 5. The zero-order valence-corrected chi connectivity index (χ0v) is 12.5. The monoisotopic (exact) mass is 309 g/mol. The van der Waals surface area contributed by atoms with Crippen molar-refractivity contribution in [1.29, 1.82) is 5.26 Å². The third-order valence-electron chi connectivity index (χ3n) is 3.15. The Bertz CT molecular complexity index is 891. The van der Waals surface area contributed by atoms with Gasteiger partial charge in [-0.05, 0) is 18.4 Å². The molecule has 108 valence electrons. The van der Waals surface area contributed by atoms with Gasteiger partial charge in [-0.25, -0.2) is 9.97 Å². The minimum Gasteiger partial charge on any atom is -0.306 e. The van der Waals surface area contributed by atoms with Gasteiger partial charge in [0.15, 0.2) is 5.16 Å². The molecule has 7 heteroatoms. The number of nitrogens with one attached hydrogen (secondary N) is 1. The van der Waals surface area contributed by atoms with Crippen LogP contribution >= 0.6 is 11.8 Å². The summed E-state index contributed by atoms with van der Waals surface area (Å²) >= 11 is 1.32. The fraction of sp³-hybridized carbons (Fsp3) is 0.0667. The average molecular weight is 309 g/mol. The molecule has 2 aromatic heterocycles. The third-order valence-corrected chi connectivity index (χ3v) is 3.73. The maximum Gasteiger partial charge on any atom is 0.270 e. The van der Waals surface area contributed by atoms with Crippen molar-refractivity contribution in [2.45, 2.75) is 5.16 Å². The number of imidazole rings is 1. The second-order valence-electron chi connectivity index (χ2n) is 4.43. The predicted octanol–water partition coefficient (Wildman–Crippen LogP) is 2.22. The van der Waals surface area contributed by atoms with Crippen molar-refractivity contribution in [1.82, 2.24) is 19.5 Å². The van der Waals surface area contributed by atoms with Crippen LogP contribution in [0.2, 0.25) is 0 Å². The molecule has 0 unspecified atom stereocenters. The number of hydrogen-bond donors (Lipinski definition) is 1. The predicted molar refractivity (Wildman–Crippen MR) is 83.9 cm³/mol. The highest BCUT2D eigenvalue weighted by molar-refractivity contribution is 7.98. The smallest absolute Gasteiger partial charge is 0.270 e. The number of rotatable bonds is 3. The van der Waals surface area contributed by atoms with Crippen LogP contribution in [-0.2, 0) is 0 Å². The highest BCUT2D eigenvalue weighted by Gasteiger charge is 2.13. The lowest BCUT2D eigenvalue weighted by Gasteiger charge is -2.07. The van der Waals surface area contributed by atoms with E-state index in [-0.39, 0.29) is 5.56 Å². The average Bonchev–Trinajstić information content (AvgIpc) is 3.08. The first-order valence-corrected chi connectivity index (χ1v) is 7.62. The summed E-state index contributed by atoms with van der Waals surface area (Å²) < 4.78 is 1.87. The SMILES string of the molecule is CSc1nc(-c2ccc(-n3ccnc3)cc2)c(C#N)c(=O)[nH]1. The van der Waals surface area contributed by atoms with Gasteiger partial charge in [0.1, 0.15) is 11.6 Å². The fourth-order valence-electron chi connectivity index (χ4n) is 2.07. The third kappa shape index (κ3) is 2.52. The van der Waals surface area contributed by atoms with Crippen molar-refractivity contribution in [2.75, 3.05) is 6.26 Å². The molecule has 0 atom stereocenters. The lowest BCUT2D eigenvalue weighted by molar-refractivity contribution is 0.937. The summed E-state index contributed by atoms with van der Waals surface area (Å²) in [5, 5.41) is 9.68. The molecule has 0 aliphatic carbocycles. The van der Waals surface area contributed by atoms with Crippen molar-refractivity contribution in [2.24, 2.45) is 0 Å². The number of nitriles is 1. The number of nitrogens with zero attached hydrogens (tertiary/aromatic N) is 4. The molecule has 0 bridgehead atoms.